The Bertz CT molecular complexity index is 388. The second kappa shape index (κ2) is 5.14. The molecule has 1 aromatic carbocycles. The Morgan fingerprint density at radius 2 is 2.12 bits per heavy atom. The minimum atomic E-state index is -0.836. The van der Waals surface area contributed by atoms with Gasteiger partial charge in [0.1, 0.15) is 0 Å². The van der Waals surface area contributed by atoms with Gasteiger partial charge in [-0.2, -0.15) is 5.26 Å². The van der Waals surface area contributed by atoms with Gasteiger partial charge in [0.2, 0.25) is 0 Å². The van der Waals surface area contributed by atoms with Gasteiger partial charge in [-0.1, -0.05) is 26.0 Å². The summed E-state index contributed by atoms with van der Waals surface area (Å²) in [4.78, 5) is 0. The van der Waals surface area contributed by atoms with Gasteiger partial charge < -0.3 is 5.11 Å². The molecule has 0 aliphatic carbocycles. The predicted molar refractivity (Wildman–Crippen MR) is 64.8 cm³/mol. The van der Waals surface area contributed by atoms with Crippen LogP contribution in [0.15, 0.2) is 24.3 Å². The van der Waals surface area contributed by atoms with Gasteiger partial charge in [0.15, 0.2) is 0 Å². The first-order valence-electron chi connectivity index (χ1n) is 5.69. The van der Waals surface area contributed by atoms with Crippen LogP contribution >= 0.6 is 0 Å². The van der Waals surface area contributed by atoms with Gasteiger partial charge in [0.25, 0.3) is 0 Å². The van der Waals surface area contributed by atoms with E-state index in [-0.39, 0.29) is 0 Å². The Hall–Kier alpha value is -1.33. The molecule has 1 unspecified atom stereocenters. The molecule has 86 valence electrons. The lowest BCUT2D eigenvalue weighted by molar-refractivity contribution is 0.0420. The minimum Gasteiger partial charge on any atom is -0.385 e. The molecule has 0 aliphatic heterocycles. The van der Waals surface area contributed by atoms with E-state index < -0.39 is 5.60 Å². The number of benzene rings is 1. The summed E-state index contributed by atoms with van der Waals surface area (Å²) >= 11 is 0. The minimum absolute atomic E-state index is 0.575. The smallest absolute Gasteiger partial charge is 0.0991 e. The molecule has 0 heterocycles. The zero-order chi connectivity index (χ0) is 12.2. The van der Waals surface area contributed by atoms with E-state index in [0.29, 0.717) is 11.5 Å². The molecule has 0 radical (unpaired) electrons. The molecule has 0 bridgehead atoms. The van der Waals surface area contributed by atoms with Crippen LogP contribution in [-0.2, 0) is 5.60 Å². The quantitative estimate of drug-likeness (QED) is 0.841. The van der Waals surface area contributed by atoms with E-state index in [2.05, 4.69) is 19.9 Å². The third-order valence-corrected chi connectivity index (χ3v) is 2.82. The van der Waals surface area contributed by atoms with Gasteiger partial charge in [-0.25, -0.2) is 0 Å². The molecule has 1 atom stereocenters. The summed E-state index contributed by atoms with van der Waals surface area (Å²) < 4.78 is 0. The zero-order valence-electron chi connectivity index (χ0n) is 10.2. The molecular weight excluding hydrogens is 198 g/mol. The highest BCUT2D eigenvalue weighted by Crippen LogP contribution is 2.28. The monoisotopic (exact) mass is 217 g/mol. The Labute approximate surface area is 97.5 Å². The van der Waals surface area contributed by atoms with E-state index >= 15 is 0 Å². The van der Waals surface area contributed by atoms with E-state index in [1.165, 1.54) is 0 Å². The van der Waals surface area contributed by atoms with Crippen molar-refractivity contribution in [2.24, 2.45) is 5.92 Å². The molecule has 2 nitrogen and oxygen atoms in total. The van der Waals surface area contributed by atoms with Gasteiger partial charge >= 0.3 is 0 Å². The molecule has 2 heteroatoms. The highest BCUT2D eigenvalue weighted by Gasteiger charge is 2.23. The van der Waals surface area contributed by atoms with Crippen molar-refractivity contribution in [1.29, 1.82) is 5.26 Å². The van der Waals surface area contributed by atoms with Gasteiger partial charge in [-0.3, -0.25) is 0 Å². The van der Waals surface area contributed by atoms with E-state index in [1.807, 2.05) is 19.1 Å². The Morgan fingerprint density at radius 3 is 2.69 bits per heavy atom. The molecule has 1 N–H and O–H groups in total. The van der Waals surface area contributed by atoms with Crippen molar-refractivity contribution in [3.8, 4) is 6.07 Å². The maximum absolute atomic E-state index is 10.3. The number of nitriles is 1. The first-order valence-corrected chi connectivity index (χ1v) is 5.69. The molecule has 0 fully saturated rings. The summed E-state index contributed by atoms with van der Waals surface area (Å²) in [6.07, 6.45) is 1.70. The van der Waals surface area contributed by atoms with E-state index in [0.717, 1.165) is 18.4 Å². The van der Waals surface area contributed by atoms with Crippen LogP contribution in [0.2, 0.25) is 0 Å². The Balaban J connectivity index is 2.85. The zero-order valence-corrected chi connectivity index (χ0v) is 10.2. The average molecular weight is 217 g/mol. The maximum Gasteiger partial charge on any atom is 0.0991 e. The lowest BCUT2D eigenvalue weighted by Gasteiger charge is -2.24. The summed E-state index contributed by atoms with van der Waals surface area (Å²) in [6, 6.07) is 9.30. The van der Waals surface area contributed by atoms with Crippen molar-refractivity contribution >= 4 is 0 Å². The largest absolute Gasteiger partial charge is 0.385 e. The van der Waals surface area contributed by atoms with Crippen molar-refractivity contribution in [3.63, 3.8) is 0 Å². The number of aliphatic hydroxyl groups is 1. The second-order valence-electron chi connectivity index (χ2n) is 4.90. The first-order chi connectivity index (χ1) is 7.45. The van der Waals surface area contributed by atoms with Crippen LogP contribution in [0.1, 0.15) is 44.7 Å². The van der Waals surface area contributed by atoms with Gasteiger partial charge in [-0.15, -0.1) is 0 Å². The SMILES string of the molecule is CC(C)CCC(C)(O)c1cccc(C#N)c1. The van der Waals surface area contributed by atoms with Crippen molar-refractivity contribution < 1.29 is 5.11 Å². The maximum atomic E-state index is 10.3. The predicted octanol–water partition coefficient (Wildman–Crippen LogP) is 3.20. The highest BCUT2D eigenvalue weighted by molar-refractivity contribution is 5.35. The van der Waals surface area contributed by atoms with Crippen molar-refractivity contribution in [2.75, 3.05) is 0 Å². The summed E-state index contributed by atoms with van der Waals surface area (Å²) in [5, 5.41) is 19.2. The molecule has 16 heavy (non-hydrogen) atoms. The average Bonchev–Trinajstić information content (AvgIpc) is 2.27. The van der Waals surface area contributed by atoms with E-state index in [9.17, 15) is 5.11 Å². The van der Waals surface area contributed by atoms with Crippen LogP contribution in [0.25, 0.3) is 0 Å². The van der Waals surface area contributed by atoms with Crippen LogP contribution in [0, 0.1) is 17.2 Å². The molecule has 0 amide bonds. The highest BCUT2D eigenvalue weighted by atomic mass is 16.3. The Kier molecular flexibility index (Phi) is 4.09. The van der Waals surface area contributed by atoms with Gasteiger partial charge in [0.05, 0.1) is 17.2 Å². The number of rotatable bonds is 4. The van der Waals surface area contributed by atoms with Crippen LogP contribution in [0.5, 0.6) is 0 Å². The lowest BCUT2D eigenvalue weighted by Crippen LogP contribution is -2.21. The third-order valence-electron chi connectivity index (χ3n) is 2.82. The normalized spacial score (nSPS) is 14.5. The first kappa shape index (κ1) is 12.7. The van der Waals surface area contributed by atoms with Gasteiger partial charge in [-0.05, 0) is 43.4 Å². The standard InChI is InChI=1S/C14H19NO/c1-11(2)7-8-14(3,16)13-6-4-5-12(9-13)10-15/h4-6,9,11,16H,7-8H2,1-3H3. The van der Waals surface area contributed by atoms with Crippen LogP contribution in [-0.4, -0.2) is 5.11 Å². The third kappa shape index (κ3) is 3.36. The van der Waals surface area contributed by atoms with Crippen molar-refractivity contribution in [2.45, 2.75) is 39.2 Å². The molecule has 0 spiro atoms. The topological polar surface area (TPSA) is 44.0 Å². The van der Waals surface area contributed by atoms with Crippen molar-refractivity contribution in [1.82, 2.24) is 0 Å². The number of hydrogen-bond donors (Lipinski definition) is 1. The summed E-state index contributed by atoms with van der Waals surface area (Å²) in [6.45, 7) is 6.09. The second-order valence-corrected chi connectivity index (χ2v) is 4.90. The number of nitrogens with zero attached hydrogens (tertiary/aromatic N) is 1. The van der Waals surface area contributed by atoms with Crippen molar-refractivity contribution in [3.05, 3.63) is 35.4 Å². The summed E-state index contributed by atoms with van der Waals surface area (Å²) in [5.74, 6) is 0.575. The van der Waals surface area contributed by atoms with E-state index in [4.69, 9.17) is 5.26 Å². The molecular formula is C14H19NO. The fourth-order valence-corrected chi connectivity index (χ4v) is 1.64. The molecule has 0 aliphatic rings. The molecule has 0 aromatic heterocycles. The Morgan fingerprint density at radius 1 is 1.44 bits per heavy atom. The molecule has 1 rings (SSSR count). The summed E-state index contributed by atoms with van der Waals surface area (Å²) in [5.41, 5.74) is 0.589. The van der Waals surface area contributed by atoms with E-state index in [1.54, 1.807) is 12.1 Å². The molecule has 0 saturated carbocycles. The molecule has 0 saturated heterocycles. The van der Waals surface area contributed by atoms with Crippen LogP contribution < -0.4 is 0 Å². The fraction of sp³-hybridized carbons (Fsp3) is 0.500. The number of hydrogen-bond acceptors (Lipinski definition) is 2. The fourth-order valence-electron chi connectivity index (χ4n) is 1.64. The van der Waals surface area contributed by atoms with Crippen LogP contribution in [0.3, 0.4) is 0 Å². The van der Waals surface area contributed by atoms with Crippen LogP contribution in [0.4, 0.5) is 0 Å². The lowest BCUT2D eigenvalue weighted by atomic mass is 9.88. The molecule has 1 aromatic rings. The summed E-state index contributed by atoms with van der Waals surface area (Å²) in [7, 11) is 0. The van der Waals surface area contributed by atoms with Gasteiger partial charge in [0, 0.05) is 0 Å².